The maximum Gasteiger partial charge on any atom is 0.422 e. The second kappa shape index (κ2) is 11.1. The van der Waals surface area contributed by atoms with Crippen LogP contribution in [0, 0.1) is 5.92 Å². The Balaban J connectivity index is 1.03. The van der Waals surface area contributed by atoms with Crippen LogP contribution in [-0.4, -0.2) is 66.7 Å². The standard InChI is InChI=1S/C26H30F3N3O4S/c27-26(28,29)15-36-25-30-20-7-10-32(11-8-22(20)37-25)9-6-18-5-4-16(14-35-18)12-21(33)19-3-1-2-17-13-23(34)31-24(17)19/h1-3,16,18H,4-15H2,(H,31,34)/t16-,18-/m1/s1. The molecule has 1 aromatic heterocycles. The van der Waals surface area contributed by atoms with Crippen LogP contribution in [0.1, 0.15) is 52.2 Å². The fourth-order valence-corrected chi connectivity index (χ4v) is 6.19. The van der Waals surface area contributed by atoms with Gasteiger partial charge < -0.3 is 19.7 Å². The van der Waals surface area contributed by atoms with Gasteiger partial charge in [0.05, 0.1) is 30.5 Å². The number of benzene rings is 1. The minimum absolute atomic E-state index is 0.0451. The molecule has 1 amide bonds. The Morgan fingerprint density at radius 2 is 2.08 bits per heavy atom. The summed E-state index contributed by atoms with van der Waals surface area (Å²) in [6.07, 6.45) is 0.715. The Bertz CT molecular complexity index is 1120. The molecule has 0 unspecified atom stereocenters. The number of halogens is 3. The van der Waals surface area contributed by atoms with E-state index in [-0.39, 0.29) is 28.9 Å². The Kier molecular flexibility index (Phi) is 7.83. The summed E-state index contributed by atoms with van der Waals surface area (Å²) < 4.78 is 48.1. The number of carbonyl (C=O) groups is 2. The van der Waals surface area contributed by atoms with E-state index in [1.165, 1.54) is 11.3 Å². The van der Waals surface area contributed by atoms with Crippen molar-refractivity contribution in [3.8, 4) is 5.19 Å². The third-order valence-corrected chi connectivity index (χ3v) is 8.28. The van der Waals surface area contributed by atoms with Gasteiger partial charge in [0.1, 0.15) is 0 Å². The Morgan fingerprint density at radius 3 is 2.86 bits per heavy atom. The molecular formula is C26H30F3N3O4S. The first-order chi connectivity index (χ1) is 17.7. The number of rotatable bonds is 8. The van der Waals surface area contributed by atoms with Crippen molar-refractivity contribution >= 4 is 28.7 Å². The number of alkyl halides is 3. The van der Waals surface area contributed by atoms with Gasteiger partial charge in [-0.2, -0.15) is 13.2 Å². The highest BCUT2D eigenvalue weighted by Crippen LogP contribution is 2.32. The number of ketones is 1. The van der Waals surface area contributed by atoms with Crippen molar-refractivity contribution < 1.29 is 32.2 Å². The van der Waals surface area contributed by atoms with Crippen molar-refractivity contribution in [1.82, 2.24) is 9.88 Å². The maximum atomic E-state index is 12.9. The van der Waals surface area contributed by atoms with Crippen LogP contribution in [0.3, 0.4) is 0 Å². The topological polar surface area (TPSA) is 80.8 Å². The monoisotopic (exact) mass is 537 g/mol. The molecule has 1 saturated heterocycles. The number of para-hydroxylation sites is 1. The van der Waals surface area contributed by atoms with E-state index in [9.17, 15) is 22.8 Å². The molecule has 5 rings (SSSR count). The van der Waals surface area contributed by atoms with E-state index in [2.05, 4.69) is 15.2 Å². The quantitative estimate of drug-likeness (QED) is 0.502. The molecule has 1 fully saturated rings. The molecule has 1 N–H and O–H groups in total. The number of aromatic nitrogens is 1. The molecule has 4 heterocycles. The van der Waals surface area contributed by atoms with Gasteiger partial charge in [0, 0.05) is 42.9 Å². The average molecular weight is 538 g/mol. The minimum Gasteiger partial charge on any atom is -0.460 e. The van der Waals surface area contributed by atoms with Gasteiger partial charge in [-0.25, -0.2) is 4.98 Å². The molecule has 0 saturated carbocycles. The normalized spacial score (nSPS) is 22.2. The largest absolute Gasteiger partial charge is 0.460 e. The van der Waals surface area contributed by atoms with Crippen LogP contribution in [0.15, 0.2) is 18.2 Å². The second-order valence-electron chi connectivity index (χ2n) is 9.97. The lowest BCUT2D eigenvalue weighted by molar-refractivity contribution is -0.153. The highest BCUT2D eigenvalue weighted by Gasteiger charge is 2.30. The second-order valence-corrected chi connectivity index (χ2v) is 11.0. The summed E-state index contributed by atoms with van der Waals surface area (Å²) in [4.78, 5) is 32.3. The molecule has 3 aliphatic heterocycles. The number of hydrogen-bond acceptors (Lipinski definition) is 7. The van der Waals surface area contributed by atoms with E-state index in [0.29, 0.717) is 37.1 Å². The summed E-state index contributed by atoms with van der Waals surface area (Å²) in [6, 6.07) is 5.49. The summed E-state index contributed by atoms with van der Waals surface area (Å²) in [6.45, 7) is 1.76. The lowest BCUT2D eigenvalue weighted by Crippen LogP contribution is -2.33. The number of fused-ring (bicyclic) bond motifs is 2. The number of hydrogen-bond donors (Lipinski definition) is 1. The van der Waals surface area contributed by atoms with Gasteiger partial charge in [-0.3, -0.25) is 9.59 Å². The Labute approximate surface area is 217 Å². The van der Waals surface area contributed by atoms with Crippen LogP contribution >= 0.6 is 11.3 Å². The molecule has 0 spiro atoms. The maximum absolute atomic E-state index is 12.9. The fraction of sp³-hybridized carbons (Fsp3) is 0.577. The van der Waals surface area contributed by atoms with Gasteiger partial charge in [0.25, 0.3) is 5.19 Å². The molecule has 0 aliphatic carbocycles. The number of amides is 1. The smallest absolute Gasteiger partial charge is 0.422 e. The molecule has 1 aromatic carbocycles. The highest BCUT2D eigenvalue weighted by molar-refractivity contribution is 7.13. The molecule has 3 aliphatic rings. The lowest BCUT2D eigenvalue weighted by Gasteiger charge is -2.30. The predicted octanol–water partition coefficient (Wildman–Crippen LogP) is 4.44. The van der Waals surface area contributed by atoms with Gasteiger partial charge >= 0.3 is 6.18 Å². The number of thiazole rings is 1. The minimum atomic E-state index is -4.36. The van der Waals surface area contributed by atoms with E-state index < -0.39 is 12.8 Å². The zero-order valence-corrected chi connectivity index (χ0v) is 21.3. The van der Waals surface area contributed by atoms with Gasteiger partial charge in [0.15, 0.2) is 12.4 Å². The zero-order valence-electron chi connectivity index (χ0n) is 20.4. The third-order valence-electron chi connectivity index (χ3n) is 7.21. The molecule has 37 heavy (non-hydrogen) atoms. The van der Waals surface area contributed by atoms with Crippen LogP contribution in [0.25, 0.3) is 0 Å². The average Bonchev–Trinajstić information content (AvgIpc) is 3.39. The van der Waals surface area contributed by atoms with Crippen LogP contribution < -0.4 is 10.1 Å². The molecule has 11 heteroatoms. The lowest BCUT2D eigenvalue weighted by atomic mass is 9.90. The van der Waals surface area contributed by atoms with E-state index in [1.807, 2.05) is 12.1 Å². The molecule has 2 aromatic rings. The Hall–Kier alpha value is -2.50. The van der Waals surface area contributed by atoms with Gasteiger partial charge in [-0.05, 0) is 43.2 Å². The van der Waals surface area contributed by atoms with Crippen molar-refractivity contribution in [2.24, 2.45) is 5.92 Å². The molecule has 0 bridgehead atoms. The molecular weight excluding hydrogens is 507 g/mol. The summed E-state index contributed by atoms with van der Waals surface area (Å²) in [5.74, 6) is 0.143. The molecule has 0 radical (unpaired) electrons. The summed E-state index contributed by atoms with van der Waals surface area (Å²) in [5.41, 5.74) is 2.98. The zero-order chi connectivity index (χ0) is 26.0. The third kappa shape index (κ3) is 6.69. The molecule has 7 nitrogen and oxygen atoms in total. The van der Waals surface area contributed by atoms with Crippen molar-refractivity contribution in [1.29, 1.82) is 0 Å². The van der Waals surface area contributed by atoms with Crippen molar-refractivity contribution in [2.75, 3.05) is 38.2 Å². The van der Waals surface area contributed by atoms with Crippen LogP contribution in [0.5, 0.6) is 5.19 Å². The van der Waals surface area contributed by atoms with Gasteiger partial charge in [-0.15, -0.1) is 0 Å². The first-order valence-corrected chi connectivity index (χ1v) is 13.5. The van der Waals surface area contributed by atoms with E-state index >= 15 is 0 Å². The first kappa shape index (κ1) is 26.1. The van der Waals surface area contributed by atoms with Crippen LogP contribution in [0.4, 0.5) is 18.9 Å². The number of nitrogens with zero attached hydrogens (tertiary/aromatic N) is 2. The highest BCUT2D eigenvalue weighted by atomic mass is 32.1. The summed E-state index contributed by atoms with van der Waals surface area (Å²) in [5, 5.41) is 2.91. The van der Waals surface area contributed by atoms with Crippen LogP contribution in [-0.2, 0) is 28.8 Å². The van der Waals surface area contributed by atoms with Crippen molar-refractivity contribution in [2.45, 2.75) is 57.2 Å². The predicted molar refractivity (Wildman–Crippen MR) is 132 cm³/mol. The summed E-state index contributed by atoms with van der Waals surface area (Å²) >= 11 is 1.21. The first-order valence-electron chi connectivity index (χ1n) is 12.7. The number of anilines is 1. The number of nitrogens with one attached hydrogen (secondary N) is 1. The van der Waals surface area contributed by atoms with Gasteiger partial charge in [-0.1, -0.05) is 23.5 Å². The fourth-order valence-electron chi connectivity index (χ4n) is 5.25. The van der Waals surface area contributed by atoms with Crippen molar-refractivity contribution in [3.63, 3.8) is 0 Å². The SMILES string of the molecule is O=C1Cc2cccc(C(=O)C[C@H]3CC[C@H](CCN4CCc5nc(OCC(F)(F)F)sc5CC4)OC3)c2N1. The van der Waals surface area contributed by atoms with Crippen LogP contribution in [0.2, 0.25) is 0 Å². The number of carbonyl (C=O) groups excluding carboxylic acids is 2. The molecule has 2 atom stereocenters. The van der Waals surface area contributed by atoms with Gasteiger partial charge in [0.2, 0.25) is 5.91 Å². The molecule has 200 valence electrons. The Morgan fingerprint density at radius 1 is 1.24 bits per heavy atom. The number of ether oxygens (including phenoxy) is 2. The van der Waals surface area contributed by atoms with E-state index in [0.717, 1.165) is 61.5 Å². The van der Waals surface area contributed by atoms with Crippen molar-refractivity contribution in [3.05, 3.63) is 39.9 Å². The number of Topliss-reactive ketones (excluding diaryl/α,β-unsaturated/α-hetero) is 1. The van der Waals surface area contributed by atoms with E-state index in [1.54, 1.807) is 6.07 Å². The van der Waals surface area contributed by atoms with E-state index in [4.69, 9.17) is 9.47 Å². The summed E-state index contributed by atoms with van der Waals surface area (Å²) in [7, 11) is 0.